The minimum atomic E-state index is -3.55. The zero-order valence-corrected chi connectivity index (χ0v) is 12.1. The molecule has 20 heavy (non-hydrogen) atoms. The van der Waals surface area contributed by atoms with Gasteiger partial charge in [-0.3, -0.25) is 4.31 Å². The van der Waals surface area contributed by atoms with Crippen molar-refractivity contribution in [3.8, 4) is 0 Å². The van der Waals surface area contributed by atoms with Gasteiger partial charge in [-0.1, -0.05) is 29.4 Å². The molecular weight excluding hydrogens is 296 g/mol. The Bertz CT molecular complexity index is 752. The second-order valence-electron chi connectivity index (χ2n) is 4.32. The minimum Gasteiger partial charge on any atom is -0.411 e. The molecule has 7 heteroatoms. The van der Waals surface area contributed by atoms with E-state index in [4.69, 9.17) is 5.21 Å². The number of hydrogen-bond acceptors (Lipinski definition) is 5. The standard InChI is InChI=1S/C13H12N2O3S2/c16-14-11-7-8-15(12-5-2-1-4-10(11)12)20(17,18)13-6-3-9-19-13/h1-6,9,16H,7-8H2. The van der Waals surface area contributed by atoms with Gasteiger partial charge in [-0.05, 0) is 17.5 Å². The number of rotatable bonds is 2. The summed E-state index contributed by atoms with van der Waals surface area (Å²) < 4.78 is 27.0. The molecule has 2 aromatic rings. The molecule has 0 saturated carbocycles. The van der Waals surface area contributed by atoms with Gasteiger partial charge in [-0.25, -0.2) is 8.42 Å². The molecule has 104 valence electrons. The van der Waals surface area contributed by atoms with E-state index in [0.717, 1.165) is 0 Å². The molecule has 0 bridgehead atoms. The summed E-state index contributed by atoms with van der Waals surface area (Å²) in [5, 5.41) is 14.0. The van der Waals surface area contributed by atoms with Gasteiger partial charge in [-0.2, -0.15) is 0 Å². The third-order valence-corrected chi connectivity index (χ3v) is 6.38. The number of thiophene rings is 1. The zero-order valence-electron chi connectivity index (χ0n) is 10.4. The SMILES string of the molecule is O=S(=O)(c1cccs1)N1CCC(=NO)c2ccccc21. The van der Waals surface area contributed by atoms with Gasteiger partial charge in [0.2, 0.25) is 0 Å². The minimum absolute atomic E-state index is 0.274. The van der Waals surface area contributed by atoms with Gasteiger partial charge in [0.1, 0.15) is 4.21 Å². The van der Waals surface area contributed by atoms with E-state index in [1.54, 1.807) is 41.8 Å². The second-order valence-corrected chi connectivity index (χ2v) is 7.36. The average Bonchev–Trinajstić information content (AvgIpc) is 3.01. The number of para-hydroxylation sites is 1. The van der Waals surface area contributed by atoms with Crippen LogP contribution < -0.4 is 4.31 Å². The van der Waals surface area contributed by atoms with E-state index in [-0.39, 0.29) is 6.54 Å². The number of sulfonamides is 1. The van der Waals surface area contributed by atoms with Crippen molar-refractivity contribution in [1.29, 1.82) is 0 Å². The zero-order chi connectivity index (χ0) is 14.2. The van der Waals surface area contributed by atoms with E-state index in [9.17, 15) is 8.42 Å². The Labute approximate surface area is 120 Å². The molecule has 1 aromatic heterocycles. The van der Waals surface area contributed by atoms with Gasteiger partial charge in [0.15, 0.2) is 0 Å². The van der Waals surface area contributed by atoms with E-state index in [2.05, 4.69) is 5.16 Å². The summed E-state index contributed by atoms with van der Waals surface area (Å²) in [7, 11) is -3.55. The van der Waals surface area contributed by atoms with Gasteiger partial charge in [0, 0.05) is 18.5 Å². The van der Waals surface area contributed by atoms with Crippen LogP contribution in [0, 0.1) is 0 Å². The van der Waals surface area contributed by atoms with Crippen LogP contribution in [0.1, 0.15) is 12.0 Å². The molecule has 0 amide bonds. The summed E-state index contributed by atoms with van der Waals surface area (Å²) in [6.07, 6.45) is 0.387. The summed E-state index contributed by atoms with van der Waals surface area (Å²) in [6.45, 7) is 0.274. The van der Waals surface area contributed by atoms with Crippen LogP contribution in [-0.2, 0) is 10.0 Å². The first-order valence-corrected chi connectivity index (χ1v) is 8.33. The predicted molar refractivity (Wildman–Crippen MR) is 78.2 cm³/mol. The van der Waals surface area contributed by atoms with Gasteiger partial charge in [0.25, 0.3) is 10.0 Å². The first-order valence-electron chi connectivity index (χ1n) is 6.01. The van der Waals surface area contributed by atoms with Crippen molar-refractivity contribution in [2.45, 2.75) is 10.6 Å². The first-order chi connectivity index (χ1) is 9.64. The van der Waals surface area contributed by atoms with Crippen LogP contribution in [-0.4, -0.2) is 25.9 Å². The maximum absolute atomic E-state index is 12.6. The van der Waals surface area contributed by atoms with Crippen molar-refractivity contribution < 1.29 is 13.6 Å². The Balaban J connectivity index is 2.14. The number of fused-ring (bicyclic) bond motifs is 1. The summed E-state index contributed by atoms with van der Waals surface area (Å²) >= 11 is 1.20. The van der Waals surface area contributed by atoms with Crippen LogP contribution >= 0.6 is 11.3 Å². The Hall–Kier alpha value is -1.86. The van der Waals surface area contributed by atoms with Crippen LogP contribution in [0.2, 0.25) is 0 Å². The third kappa shape index (κ3) is 1.99. The lowest BCUT2D eigenvalue weighted by Crippen LogP contribution is -2.37. The summed E-state index contributed by atoms with van der Waals surface area (Å²) in [5.41, 5.74) is 1.72. The maximum atomic E-state index is 12.6. The van der Waals surface area contributed by atoms with Crippen LogP contribution in [0.5, 0.6) is 0 Å². The van der Waals surface area contributed by atoms with E-state index >= 15 is 0 Å². The normalized spacial score (nSPS) is 17.2. The Morgan fingerprint density at radius 3 is 2.70 bits per heavy atom. The molecule has 2 heterocycles. The molecule has 0 unspecified atom stereocenters. The smallest absolute Gasteiger partial charge is 0.273 e. The van der Waals surface area contributed by atoms with Gasteiger partial charge in [-0.15, -0.1) is 11.3 Å². The fraction of sp³-hybridized carbons (Fsp3) is 0.154. The monoisotopic (exact) mass is 308 g/mol. The van der Waals surface area contributed by atoms with Gasteiger partial charge >= 0.3 is 0 Å². The highest BCUT2D eigenvalue weighted by Gasteiger charge is 2.31. The molecule has 5 nitrogen and oxygen atoms in total. The number of nitrogens with zero attached hydrogens (tertiary/aromatic N) is 2. The highest BCUT2D eigenvalue weighted by Crippen LogP contribution is 2.33. The van der Waals surface area contributed by atoms with Crippen LogP contribution in [0.15, 0.2) is 51.1 Å². The topological polar surface area (TPSA) is 70.0 Å². The molecule has 1 aliphatic rings. The summed E-state index contributed by atoms with van der Waals surface area (Å²) in [4.78, 5) is 0. The van der Waals surface area contributed by atoms with Crippen molar-refractivity contribution in [3.63, 3.8) is 0 Å². The molecule has 0 spiro atoms. The highest BCUT2D eigenvalue weighted by atomic mass is 32.2. The molecule has 0 fully saturated rings. The summed E-state index contributed by atoms with van der Waals surface area (Å²) in [5.74, 6) is 0. The molecule has 0 atom stereocenters. The summed E-state index contributed by atoms with van der Waals surface area (Å²) in [6, 6.07) is 10.4. The second kappa shape index (κ2) is 4.92. The van der Waals surface area contributed by atoms with E-state index < -0.39 is 10.0 Å². The molecule has 0 saturated heterocycles. The fourth-order valence-electron chi connectivity index (χ4n) is 2.27. The van der Waals surface area contributed by atoms with E-state index in [1.165, 1.54) is 15.6 Å². The number of benzene rings is 1. The van der Waals surface area contributed by atoms with Crippen LogP contribution in [0.3, 0.4) is 0 Å². The maximum Gasteiger partial charge on any atom is 0.273 e. The lowest BCUT2D eigenvalue weighted by atomic mass is 10.0. The quantitative estimate of drug-likeness (QED) is 0.684. The fourth-order valence-corrected chi connectivity index (χ4v) is 4.86. The Morgan fingerprint density at radius 1 is 1.20 bits per heavy atom. The Morgan fingerprint density at radius 2 is 2.00 bits per heavy atom. The van der Waals surface area contributed by atoms with Crippen molar-refractivity contribution in [3.05, 3.63) is 47.3 Å². The van der Waals surface area contributed by atoms with Crippen molar-refractivity contribution in [1.82, 2.24) is 0 Å². The van der Waals surface area contributed by atoms with Crippen LogP contribution in [0.4, 0.5) is 5.69 Å². The molecule has 0 radical (unpaired) electrons. The van der Waals surface area contributed by atoms with Gasteiger partial charge in [0.05, 0.1) is 11.4 Å². The molecule has 0 aliphatic carbocycles. The largest absolute Gasteiger partial charge is 0.411 e. The first kappa shape index (κ1) is 13.1. The molecule has 1 aliphatic heterocycles. The van der Waals surface area contributed by atoms with Crippen molar-refractivity contribution >= 4 is 32.8 Å². The number of anilines is 1. The lowest BCUT2D eigenvalue weighted by Gasteiger charge is -2.30. The average molecular weight is 308 g/mol. The van der Waals surface area contributed by atoms with Crippen molar-refractivity contribution in [2.24, 2.45) is 5.16 Å². The predicted octanol–water partition coefficient (Wildman–Crippen LogP) is 2.53. The third-order valence-electron chi connectivity index (χ3n) is 3.20. The molecule has 1 N–H and O–H groups in total. The van der Waals surface area contributed by atoms with Crippen LogP contribution in [0.25, 0.3) is 0 Å². The van der Waals surface area contributed by atoms with E-state index in [1.807, 2.05) is 0 Å². The van der Waals surface area contributed by atoms with Gasteiger partial charge < -0.3 is 5.21 Å². The number of hydrogen-bond donors (Lipinski definition) is 1. The molecule has 1 aromatic carbocycles. The molecular formula is C13H12N2O3S2. The number of oxime groups is 1. The highest BCUT2D eigenvalue weighted by molar-refractivity contribution is 7.94. The lowest BCUT2D eigenvalue weighted by molar-refractivity contribution is 0.318. The van der Waals surface area contributed by atoms with Crippen molar-refractivity contribution in [2.75, 3.05) is 10.8 Å². The Kier molecular flexibility index (Phi) is 3.23. The van der Waals surface area contributed by atoms with E-state index in [0.29, 0.717) is 27.6 Å². The molecule has 3 rings (SSSR count).